The normalized spacial score (nSPS) is 12.7. The summed E-state index contributed by atoms with van der Waals surface area (Å²) in [6.07, 6.45) is 3.18. The first-order valence-electron chi connectivity index (χ1n) is 6.47. The van der Waals surface area contributed by atoms with Gasteiger partial charge in [-0.15, -0.1) is 0 Å². The summed E-state index contributed by atoms with van der Waals surface area (Å²) in [6.45, 7) is 2.13. The van der Waals surface area contributed by atoms with E-state index in [1.165, 1.54) is 11.9 Å². The average Bonchev–Trinajstić information content (AvgIpc) is 2.96. The number of aromatic nitrogens is 4. The molecule has 21 heavy (non-hydrogen) atoms. The zero-order valence-corrected chi connectivity index (χ0v) is 14.0. The Morgan fingerprint density at radius 2 is 2.14 bits per heavy atom. The standard InChI is InChI=1S/C14H14BrN5S/c1-8(16-2)10-4-3-9(5-11(10)15)21-14-12-13(18-6-17-12)19-7-20-14/h3-8,16H,1-2H3,(H,17,18,19,20). The lowest BCUT2D eigenvalue weighted by molar-refractivity contribution is 0.649. The topological polar surface area (TPSA) is 66.5 Å². The molecule has 0 saturated carbocycles. The molecule has 108 valence electrons. The van der Waals surface area contributed by atoms with Gasteiger partial charge in [0.05, 0.1) is 6.33 Å². The fourth-order valence-corrected chi connectivity index (χ4v) is 3.77. The average molecular weight is 364 g/mol. The van der Waals surface area contributed by atoms with Crippen LogP contribution in [0.15, 0.2) is 45.2 Å². The zero-order chi connectivity index (χ0) is 14.8. The minimum absolute atomic E-state index is 0.303. The number of fused-ring (bicyclic) bond motifs is 1. The Bertz CT molecular complexity index is 773. The van der Waals surface area contributed by atoms with Crippen LogP contribution in [-0.2, 0) is 0 Å². The third kappa shape index (κ3) is 2.95. The molecule has 0 saturated heterocycles. The van der Waals surface area contributed by atoms with E-state index in [2.05, 4.69) is 66.3 Å². The first kappa shape index (κ1) is 14.5. The van der Waals surface area contributed by atoms with Crippen LogP contribution >= 0.6 is 27.7 Å². The number of nitrogens with one attached hydrogen (secondary N) is 2. The number of hydrogen-bond acceptors (Lipinski definition) is 5. The summed E-state index contributed by atoms with van der Waals surface area (Å²) in [5.74, 6) is 0. The van der Waals surface area contributed by atoms with Crippen LogP contribution in [0.5, 0.6) is 0 Å². The quantitative estimate of drug-likeness (QED) is 0.693. The van der Waals surface area contributed by atoms with Crippen molar-refractivity contribution in [1.29, 1.82) is 0 Å². The van der Waals surface area contributed by atoms with Crippen LogP contribution in [0.1, 0.15) is 18.5 Å². The SMILES string of the molecule is CNC(C)c1ccc(Sc2ncnc3nc[nH]c23)cc1Br. The van der Waals surface area contributed by atoms with Crippen molar-refractivity contribution in [1.82, 2.24) is 25.3 Å². The number of imidazole rings is 1. The molecule has 3 aromatic rings. The van der Waals surface area contributed by atoms with E-state index in [0.29, 0.717) is 11.7 Å². The van der Waals surface area contributed by atoms with Gasteiger partial charge < -0.3 is 10.3 Å². The van der Waals surface area contributed by atoms with Crippen LogP contribution in [0.25, 0.3) is 11.2 Å². The molecule has 1 atom stereocenters. The molecule has 5 nitrogen and oxygen atoms in total. The van der Waals surface area contributed by atoms with E-state index in [-0.39, 0.29) is 0 Å². The van der Waals surface area contributed by atoms with Crippen LogP contribution < -0.4 is 5.32 Å². The summed E-state index contributed by atoms with van der Waals surface area (Å²) < 4.78 is 1.09. The predicted octanol–water partition coefficient (Wildman–Crippen LogP) is 3.55. The van der Waals surface area contributed by atoms with E-state index in [1.807, 2.05) is 7.05 Å². The number of H-pyrrole nitrogens is 1. The van der Waals surface area contributed by atoms with Crippen molar-refractivity contribution in [3.63, 3.8) is 0 Å². The highest BCUT2D eigenvalue weighted by molar-refractivity contribution is 9.10. The first-order chi connectivity index (χ1) is 10.2. The van der Waals surface area contributed by atoms with Crippen molar-refractivity contribution in [2.75, 3.05) is 7.05 Å². The van der Waals surface area contributed by atoms with Crippen molar-refractivity contribution in [2.24, 2.45) is 0 Å². The van der Waals surface area contributed by atoms with Crippen molar-refractivity contribution in [2.45, 2.75) is 22.9 Å². The second kappa shape index (κ2) is 6.13. The molecule has 0 radical (unpaired) electrons. The van der Waals surface area contributed by atoms with Crippen LogP contribution in [0.2, 0.25) is 0 Å². The number of aromatic amines is 1. The number of rotatable bonds is 4. The molecule has 1 aromatic carbocycles. The molecule has 0 aliphatic carbocycles. The summed E-state index contributed by atoms with van der Waals surface area (Å²) in [5.41, 5.74) is 2.79. The Balaban J connectivity index is 1.92. The molecule has 0 amide bonds. The molecule has 0 aliphatic heterocycles. The Kier molecular flexibility index (Phi) is 4.23. The molecule has 2 aromatic heterocycles. The molecule has 0 fully saturated rings. The van der Waals surface area contributed by atoms with Crippen molar-refractivity contribution >= 4 is 38.9 Å². The number of benzene rings is 1. The molecule has 7 heteroatoms. The molecule has 3 rings (SSSR count). The lowest BCUT2D eigenvalue weighted by Gasteiger charge is -2.13. The van der Waals surface area contributed by atoms with Gasteiger partial charge in [-0.25, -0.2) is 15.0 Å². The highest BCUT2D eigenvalue weighted by Crippen LogP contribution is 2.33. The van der Waals surface area contributed by atoms with E-state index in [0.717, 1.165) is 19.9 Å². The van der Waals surface area contributed by atoms with Gasteiger partial charge in [0.2, 0.25) is 0 Å². The van der Waals surface area contributed by atoms with Crippen molar-refractivity contribution < 1.29 is 0 Å². The van der Waals surface area contributed by atoms with Crippen LogP contribution in [0.4, 0.5) is 0 Å². The van der Waals surface area contributed by atoms with Gasteiger partial charge in [-0.2, -0.15) is 0 Å². The van der Waals surface area contributed by atoms with Gasteiger partial charge in [0, 0.05) is 15.4 Å². The molecule has 1 unspecified atom stereocenters. The summed E-state index contributed by atoms with van der Waals surface area (Å²) in [6, 6.07) is 6.64. The minimum Gasteiger partial charge on any atom is -0.341 e. The molecule has 2 N–H and O–H groups in total. The maximum absolute atomic E-state index is 4.33. The minimum atomic E-state index is 0.303. The molecule has 0 aliphatic rings. The number of nitrogens with zero attached hydrogens (tertiary/aromatic N) is 3. The smallest absolute Gasteiger partial charge is 0.181 e. The lowest BCUT2D eigenvalue weighted by Crippen LogP contribution is -2.12. The largest absolute Gasteiger partial charge is 0.341 e. The predicted molar refractivity (Wildman–Crippen MR) is 87.4 cm³/mol. The Morgan fingerprint density at radius 3 is 2.90 bits per heavy atom. The van der Waals surface area contributed by atoms with Gasteiger partial charge in [0.1, 0.15) is 16.9 Å². The van der Waals surface area contributed by atoms with E-state index in [1.54, 1.807) is 18.1 Å². The number of halogens is 1. The van der Waals surface area contributed by atoms with Crippen molar-refractivity contribution in [3.8, 4) is 0 Å². The summed E-state index contributed by atoms with van der Waals surface area (Å²) >= 11 is 5.23. The van der Waals surface area contributed by atoms with Crippen LogP contribution in [0.3, 0.4) is 0 Å². The monoisotopic (exact) mass is 363 g/mol. The highest BCUT2D eigenvalue weighted by atomic mass is 79.9. The summed E-state index contributed by atoms with van der Waals surface area (Å²) in [5, 5.41) is 4.12. The molecule has 0 spiro atoms. The third-order valence-corrected chi connectivity index (χ3v) is 4.95. The lowest BCUT2D eigenvalue weighted by atomic mass is 10.1. The van der Waals surface area contributed by atoms with E-state index in [9.17, 15) is 0 Å². The fraction of sp³-hybridized carbons (Fsp3) is 0.214. The fourth-order valence-electron chi connectivity index (χ4n) is 2.01. The van der Waals surface area contributed by atoms with Gasteiger partial charge in [-0.3, -0.25) is 0 Å². The molecular weight excluding hydrogens is 350 g/mol. The maximum Gasteiger partial charge on any atom is 0.181 e. The Labute approximate surface area is 135 Å². The molecule has 2 heterocycles. The summed E-state index contributed by atoms with van der Waals surface area (Å²) in [7, 11) is 1.95. The zero-order valence-electron chi connectivity index (χ0n) is 11.6. The Hall–Kier alpha value is -1.44. The third-order valence-electron chi connectivity index (χ3n) is 3.27. The second-order valence-corrected chi connectivity index (χ2v) is 6.49. The van der Waals surface area contributed by atoms with Crippen molar-refractivity contribution in [3.05, 3.63) is 40.9 Å². The van der Waals surface area contributed by atoms with Gasteiger partial charge in [-0.05, 0) is 31.7 Å². The highest BCUT2D eigenvalue weighted by Gasteiger charge is 2.11. The summed E-state index contributed by atoms with van der Waals surface area (Å²) in [4.78, 5) is 16.8. The van der Waals surface area contributed by atoms with E-state index >= 15 is 0 Å². The molecule has 0 bridgehead atoms. The van der Waals surface area contributed by atoms with E-state index in [4.69, 9.17) is 0 Å². The van der Waals surface area contributed by atoms with Gasteiger partial charge in [0.25, 0.3) is 0 Å². The number of hydrogen-bond donors (Lipinski definition) is 2. The van der Waals surface area contributed by atoms with Crippen LogP contribution in [0, 0.1) is 0 Å². The van der Waals surface area contributed by atoms with E-state index < -0.39 is 0 Å². The van der Waals surface area contributed by atoms with Gasteiger partial charge in [-0.1, -0.05) is 33.8 Å². The second-order valence-electron chi connectivity index (χ2n) is 4.58. The van der Waals surface area contributed by atoms with Gasteiger partial charge >= 0.3 is 0 Å². The van der Waals surface area contributed by atoms with Gasteiger partial charge in [0.15, 0.2) is 5.65 Å². The molecular formula is C14H14BrN5S. The van der Waals surface area contributed by atoms with Crippen LogP contribution in [-0.4, -0.2) is 27.0 Å². The Morgan fingerprint density at radius 1 is 1.29 bits per heavy atom. The maximum atomic E-state index is 4.33. The first-order valence-corrected chi connectivity index (χ1v) is 8.08.